The lowest BCUT2D eigenvalue weighted by molar-refractivity contribution is -0.134. The maximum atomic E-state index is 13.2. The highest BCUT2D eigenvalue weighted by atomic mass is 16.5. The summed E-state index contributed by atoms with van der Waals surface area (Å²) in [7, 11) is 4.92. The third kappa shape index (κ3) is 5.38. The predicted octanol–water partition coefficient (Wildman–Crippen LogP) is 5.19. The van der Waals surface area contributed by atoms with E-state index in [2.05, 4.69) is 24.4 Å². The van der Waals surface area contributed by atoms with Crippen molar-refractivity contribution >= 4 is 17.5 Å². The molecule has 2 amide bonds. The van der Waals surface area contributed by atoms with Crippen LogP contribution in [0.2, 0.25) is 0 Å². The molecule has 1 aliphatic rings. The number of benzene rings is 3. The van der Waals surface area contributed by atoms with Gasteiger partial charge in [-0.05, 0) is 71.8 Å². The van der Waals surface area contributed by atoms with E-state index in [-0.39, 0.29) is 19.8 Å². The van der Waals surface area contributed by atoms with Crippen LogP contribution in [0.1, 0.15) is 31.0 Å². The highest BCUT2D eigenvalue weighted by Gasteiger charge is 2.51. The third-order valence-electron chi connectivity index (χ3n) is 6.70. The van der Waals surface area contributed by atoms with Crippen molar-refractivity contribution in [3.05, 3.63) is 83.4 Å². The van der Waals surface area contributed by atoms with E-state index in [1.165, 1.54) is 7.11 Å². The summed E-state index contributed by atoms with van der Waals surface area (Å²) in [6.07, 6.45) is 1.68. The summed E-state index contributed by atoms with van der Waals surface area (Å²) in [6.45, 7) is 2.66. The Balaban J connectivity index is 0.00000361. The molecule has 0 atom stereocenters. The van der Waals surface area contributed by atoms with E-state index in [9.17, 15) is 9.59 Å². The summed E-state index contributed by atoms with van der Waals surface area (Å²) < 4.78 is 10.2. The Hall–Kier alpha value is -3.64. The molecular formula is C29H34N2O4. The van der Waals surface area contributed by atoms with Gasteiger partial charge in [-0.1, -0.05) is 42.5 Å². The van der Waals surface area contributed by atoms with E-state index < -0.39 is 5.41 Å². The fraction of sp³-hybridized carbons (Fsp3) is 0.310. The summed E-state index contributed by atoms with van der Waals surface area (Å²) in [5.74, 6) is 0.753. The Morgan fingerprint density at radius 2 is 1.69 bits per heavy atom. The first kappa shape index (κ1) is 24.5. The second-order valence-electron chi connectivity index (χ2n) is 9.17. The van der Waals surface area contributed by atoms with Gasteiger partial charge in [0.05, 0.1) is 12.5 Å². The number of methoxy groups -OCH3 is 2. The van der Waals surface area contributed by atoms with Gasteiger partial charge in [0.25, 0.3) is 0 Å². The Morgan fingerprint density at radius 1 is 1.00 bits per heavy atom. The fourth-order valence-corrected chi connectivity index (χ4v) is 4.33. The van der Waals surface area contributed by atoms with Crippen molar-refractivity contribution in [3.8, 4) is 16.9 Å². The van der Waals surface area contributed by atoms with Gasteiger partial charge in [-0.15, -0.1) is 0 Å². The largest absolute Gasteiger partial charge is 0.497 e. The van der Waals surface area contributed by atoms with E-state index >= 15 is 0 Å². The molecule has 3 aromatic carbocycles. The van der Waals surface area contributed by atoms with Crippen LogP contribution in [0.4, 0.5) is 5.69 Å². The second kappa shape index (κ2) is 10.3. The van der Waals surface area contributed by atoms with Crippen molar-refractivity contribution in [2.75, 3.05) is 33.2 Å². The molecule has 0 heterocycles. The number of carbonyl (C=O) groups is 2. The molecule has 0 bridgehead atoms. The van der Waals surface area contributed by atoms with Gasteiger partial charge < -0.3 is 19.7 Å². The molecule has 0 unspecified atom stereocenters. The summed E-state index contributed by atoms with van der Waals surface area (Å²) >= 11 is 0. The number of anilines is 1. The standard InChI is InChI=1S/C29H32N2O4.H2/c1-20-5-12-24(30-28(33)29(15-16-29)23-10-13-25(35-4)14-11-23)17-26(20)22-8-6-21(7-9-22)18-31(2)27(32)19-34-3;/h5-14,17H,15-16,18-19H2,1-4H3,(H,30,33);1H. The molecule has 1 aliphatic carbocycles. The average molecular weight is 475 g/mol. The van der Waals surface area contributed by atoms with Crippen LogP contribution in [0.5, 0.6) is 5.75 Å². The van der Waals surface area contributed by atoms with Crippen molar-refractivity contribution in [1.82, 2.24) is 4.90 Å². The van der Waals surface area contributed by atoms with Gasteiger partial charge in [0.1, 0.15) is 12.4 Å². The SMILES string of the molecule is COCC(=O)N(C)Cc1ccc(-c2cc(NC(=O)C3(c4ccc(OC)cc4)CC3)ccc2C)cc1.[HH]. The van der Waals surface area contributed by atoms with Crippen LogP contribution in [0, 0.1) is 6.92 Å². The molecule has 35 heavy (non-hydrogen) atoms. The van der Waals surface area contributed by atoms with Crippen molar-refractivity contribution in [2.45, 2.75) is 31.7 Å². The maximum absolute atomic E-state index is 13.2. The van der Waals surface area contributed by atoms with E-state index in [1.54, 1.807) is 19.1 Å². The number of ether oxygens (including phenoxy) is 2. The van der Waals surface area contributed by atoms with Crippen molar-refractivity contribution in [3.63, 3.8) is 0 Å². The zero-order valence-electron chi connectivity index (χ0n) is 20.8. The molecule has 1 fully saturated rings. The highest BCUT2D eigenvalue weighted by Crippen LogP contribution is 2.49. The van der Waals surface area contributed by atoms with E-state index in [0.29, 0.717) is 6.54 Å². The molecular weight excluding hydrogens is 440 g/mol. The van der Waals surface area contributed by atoms with E-state index in [1.807, 2.05) is 54.6 Å². The van der Waals surface area contributed by atoms with Crippen molar-refractivity contribution in [2.24, 2.45) is 0 Å². The van der Waals surface area contributed by atoms with Gasteiger partial charge >= 0.3 is 0 Å². The topological polar surface area (TPSA) is 67.9 Å². The van der Waals surface area contributed by atoms with Gasteiger partial charge in [0.2, 0.25) is 11.8 Å². The number of amides is 2. The Morgan fingerprint density at radius 3 is 2.29 bits per heavy atom. The lowest BCUT2D eigenvalue weighted by Gasteiger charge is -2.18. The number of rotatable bonds is 9. The first-order valence-corrected chi connectivity index (χ1v) is 11.7. The Bertz CT molecular complexity index is 1200. The zero-order valence-corrected chi connectivity index (χ0v) is 20.8. The Kier molecular flexibility index (Phi) is 7.22. The lowest BCUT2D eigenvalue weighted by atomic mass is 9.94. The summed E-state index contributed by atoms with van der Waals surface area (Å²) in [5, 5.41) is 3.14. The molecule has 0 aromatic heterocycles. The first-order chi connectivity index (χ1) is 16.9. The average Bonchev–Trinajstić information content (AvgIpc) is 3.68. The predicted molar refractivity (Wildman–Crippen MR) is 140 cm³/mol. The van der Waals surface area contributed by atoms with Gasteiger partial charge in [-0.3, -0.25) is 9.59 Å². The van der Waals surface area contributed by atoms with Crippen LogP contribution >= 0.6 is 0 Å². The number of likely N-dealkylation sites (N-methyl/N-ethyl adjacent to an activating group) is 1. The molecule has 3 aromatic rings. The molecule has 6 heteroatoms. The van der Waals surface area contributed by atoms with Crippen LogP contribution in [0.3, 0.4) is 0 Å². The summed E-state index contributed by atoms with van der Waals surface area (Å²) in [5.41, 5.74) is 5.62. The lowest BCUT2D eigenvalue weighted by Crippen LogP contribution is -2.29. The smallest absolute Gasteiger partial charge is 0.248 e. The van der Waals surface area contributed by atoms with Crippen LogP contribution in [-0.2, 0) is 26.3 Å². The third-order valence-corrected chi connectivity index (χ3v) is 6.70. The van der Waals surface area contributed by atoms with Crippen LogP contribution in [0.15, 0.2) is 66.7 Å². The Labute approximate surface area is 208 Å². The number of nitrogens with zero attached hydrogens (tertiary/aromatic N) is 1. The maximum Gasteiger partial charge on any atom is 0.248 e. The van der Waals surface area contributed by atoms with Gasteiger partial charge in [-0.25, -0.2) is 0 Å². The number of hydrogen-bond donors (Lipinski definition) is 1. The molecule has 6 nitrogen and oxygen atoms in total. The molecule has 0 spiro atoms. The van der Waals surface area contributed by atoms with Crippen molar-refractivity contribution in [1.29, 1.82) is 0 Å². The number of aryl methyl sites for hydroxylation is 1. The van der Waals surface area contributed by atoms with Gasteiger partial charge in [0.15, 0.2) is 0 Å². The minimum absolute atomic E-state index is 0. The molecule has 0 saturated heterocycles. The molecule has 0 aliphatic heterocycles. The van der Waals surface area contributed by atoms with Crippen LogP contribution in [0.25, 0.3) is 11.1 Å². The molecule has 4 rings (SSSR count). The van der Waals surface area contributed by atoms with Crippen molar-refractivity contribution < 1.29 is 20.5 Å². The van der Waals surface area contributed by atoms with E-state index in [0.717, 1.165) is 52.1 Å². The molecule has 184 valence electrons. The normalized spacial score (nSPS) is 13.7. The summed E-state index contributed by atoms with van der Waals surface area (Å²) in [6, 6.07) is 21.9. The monoisotopic (exact) mass is 474 g/mol. The van der Waals surface area contributed by atoms with Gasteiger partial charge in [0, 0.05) is 27.8 Å². The quantitative estimate of drug-likeness (QED) is 0.463. The number of nitrogens with one attached hydrogen (secondary N) is 1. The fourth-order valence-electron chi connectivity index (χ4n) is 4.33. The van der Waals surface area contributed by atoms with E-state index in [4.69, 9.17) is 9.47 Å². The summed E-state index contributed by atoms with van der Waals surface area (Å²) in [4.78, 5) is 26.9. The second-order valence-corrected chi connectivity index (χ2v) is 9.17. The molecule has 1 saturated carbocycles. The van der Waals surface area contributed by atoms with Gasteiger partial charge in [-0.2, -0.15) is 0 Å². The minimum Gasteiger partial charge on any atom is -0.497 e. The first-order valence-electron chi connectivity index (χ1n) is 11.7. The number of hydrogen-bond acceptors (Lipinski definition) is 4. The molecule has 0 radical (unpaired) electrons. The van der Waals surface area contributed by atoms with Crippen LogP contribution < -0.4 is 10.1 Å². The highest BCUT2D eigenvalue weighted by molar-refractivity contribution is 6.01. The minimum atomic E-state index is -0.467. The number of carbonyl (C=O) groups excluding carboxylic acids is 2. The van der Waals surface area contributed by atoms with Crippen LogP contribution in [-0.4, -0.2) is 44.6 Å². The molecule has 1 N–H and O–H groups in total. The zero-order chi connectivity index (χ0) is 25.0.